The van der Waals surface area contributed by atoms with Gasteiger partial charge >= 0.3 is 11.9 Å². The van der Waals surface area contributed by atoms with E-state index in [1.807, 2.05) is 0 Å². The highest BCUT2D eigenvalue weighted by Crippen LogP contribution is 2.03. The molecular weight excluding hydrogens is 250 g/mol. The minimum Gasteiger partial charge on any atom is -0.469 e. The Balaban J connectivity index is 4.19. The fraction of sp³-hybridized carbons (Fsp3) is 0.778. The predicted octanol–water partition coefficient (Wildman–Crippen LogP) is -0.626. The lowest BCUT2D eigenvalue weighted by Gasteiger charge is -2.15. The number of sulfonamides is 1. The summed E-state index contributed by atoms with van der Waals surface area (Å²) in [7, 11) is 0.154. The lowest BCUT2D eigenvalue weighted by molar-refractivity contribution is -0.141. The first-order valence-electron chi connectivity index (χ1n) is 4.91. The van der Waals surface area contributed by atoms with Crippen molar-refractivity contribution in [3.63, 3.8) is 0 Å². The highest BCUT2D eigenvalue weighted by Gasteiger charge is 2.20. The summed E-state index contributed by atoms with van der Waals surface area (Å²) >= 11 is 0. The average Bonchev–Trinajstić information content (AvgIpc) is 2.28. The van der Waals surface area contributed by atoms with Gasteiger partial charge in [0.15, 0.2) is 0 Å². The summed E-state index contributed by atoms with van der Waals surface area (Å²) in [4.78, 5) is 21.7. The van der Waals surface area contributed by atoms with Gasteiger partial charge < -0.3 is 9.47 Å². The summed E-state index contributed by atoms with van der Waals surface area (Å²) in [6, 6.07) is 0. The van der Waals surface area contributed by atoms with Crippen molar-refractivity contribution in [2.45, 2.75) is 12.8 Å². The van der Waals surface area contributed by atoms with E-state index in [0.717, 1.165) is 4.31 Å². The van der Waals surface area contributed by atoms with Crippen molar-refractivity contribution in [1.29, 1.82) is 0 Å². The van der Waals surface area contributed by atoms with E-state index in [4.69, 9.17) is 0 Å². The molecule has 0 aliphatic carbocycles. The summed E-state index contributed by atoms with van der Waals surface area (Å²) in [5, 5.41) is 0. The topological polar surface area (TPSA) is 90.0 Å². The Hall–Kier alpha value is -1.15. The number of nitrogens with zero attached hydrogens (tertiary/aromatic N) is 1. The van der Waals surface area contributed by atoms with E-state index in [1.54, 1.807) is 0 Å². The van der Waals surface area contributed by atoms with Crippen molar-refractivity contribution in [3.05, 3.63) is 0 Å². The van der Waals surface area contributed by atoms with E-state index in [9.17, 15) is 18.0 Å². The third-order valence-corrected chi connectivity index (χ3v) is 3.95. The SMILES string of the molecule is COC(=O)CCCS(=O)(=O)N(C)CC(=O)OC. The first-order chi connectivity index (χ1) is 7.83. The number of esters is 2. The number of hydrogen-bond donors (Lipinski definition) is 0. The van der Waals surface area contributed by atoms with Crippen molar-refractivity contribution in [1.82, 2.24) is 4.31 Å². The van der Waals surface area contributed by atoms with Gasteiger partial charge in [-0.15, -0.1) is 0 Å². The molecule has 0 rings (SSSR count). The van der Waals surface area contributed by atoms with Gasteiger partial charge in [0.05, 0.1) is 20.0 Å². The van der Waals surface area contributed by atoms with Gasteiger partial charge in [0.25, 0.3) is 0 Å². The zero-order chi connectivity index (χ0) is 13.5. The molecule has 0 amide bonds. The fourth-order valence-electron chi connectivity index (χ4n) is 1.00. The van der Waals surface area contributed by atoms with Crippen LogP contribution in [0.3, 0.4) is 0 Å². The second-order valence-electron chi connectivity index (χ2n) is 3.33. The monoisotopic (exact) mass is 267 g/mol. The summed E-state index contributed by atoms with van der Waals surface area (Å²) in [5.41, 5.74) is 0. The van der Waals surface area contributed by atoms with Gasteiger partial charge in [0, 0.05) is 13.5 Å². The van der Waals surface area contributed by atoms with Gasteiger partial charge in [0.2, 0.25) is 10.0 Å². The summed E-state index contributed by atoms with van der Waals surface area (Å²) < 4.78 is 32.9. The largest absolute Gasteiger partial charge is 0.469 e. The van der Waals surface area contributed by atoms with Crippen LogP contribution in [-0.4, -0.2) is 58.2 Å². The highest BCUT2D eigenvalue weighted by molar-refractivity contribution is 7.89. The molecule has 0 aliphatic rings. The van der Waals surface area contributed by atoms with Gasteiger partial charge in [-0.1, -0.05) is 0 Å². The molecule has 0 N–H and O–H groups in total. The van der Waals surface area contributed by atoms with Gasteiger partial charge in [-0.2, -0.15) is 4.31 Å². The summed E-state index contributed by atoms with van der Waals surface area (Å²) in [6.45, 7) is -0.336. The van der Waals surface area contributed by atoms with E-state index < -0.39 is 22.0 Å². The van der Waals surface area contributed by atoms with Crippen molar-refractivity contribution < 1.29 is 27.5 Å². The second kappa shape index (κ2) is 7.23. The molecule has 0 saturated carbocycles. The number of rotatable bonds is 7. The maximum Gasteiger partial charge on any atom is 0.320 e. The summed E-state index contributed by atoms with van der Waals surface area (Å²) in [6.07, 6.45) is 0.183. The lowest BCUT2D eigenvalue weighted by Crippen LogP contribution is -2.34. The normalized spacial score (nSPS) is 11.3. The Kier molecular flexibility index (Phi) is 6.74. The molecule has 0 aliphatic heterocycles. The smallest absolute Gasteiger partial charge is 0.320 e. The molecule has 8 heteroatoms. The molecule has 0 unspecified atom stereocenters. The number of ether oxygens (including phenoxy) is 2. The van der Waals surface area contributed by atoms with Crippen LogP contribution in [0, 0.1) is 0 Å². The van der Waals surface area contributed by atoms with E-state index in [-0.39, 0.29) is 25.1 Å². The van der Waals surface area contributed by atoms with Crippen LogP contribution >= 0.6 is 0 Å². The van der Waals surface area contributed by atoms with Crippen LogP contribution in [0.25, 0.3) is 0 Å². The van der Waals surface area contributed by atoms with Crippen LogP contribution in [0.5, 0.6) is 0 Å². The third kappa shape index (κ3) is 6.22. The molecule has 0 aromatic carbocycles. The maximum absolute atomic E-state index is 11.6. The Labute approximate surface area is 101 Å². The Morgan fingerprint density at radius 2 is 1.65 bits per heavy atom. The molecule has 7 nitrogen and oxygen atoms in total. The van der Waals surface area contributed by atoms with E-state index in [0.29, 0.717) is 0 Å². The molecule has 0 aromatic heterocycles. The number of carbonyl (C=O) groups is 2. The molecule has 0 atom stereocenters. The Morgan fingerprint density at radius 3 is 2.12 bits per heavy atom. The fourth-order valence-corrected chi connectivity index (χ4v) is 2.12. The first-order valence-corrected chi connectivity index (χ1v) is 6.52. The van der Waals surface area contributed by atoms with Crippen LogP contribution in [0.2, 0.25) is 0 Å². The first kappa shape index (κ1) is 15.9. The van der Waals surface area contributed by atoms with E-state index >= 15 is 0 Å². The van der Waals surface area contributed by atoms with Crippen molar-refractivity contribution in [3.8, 4) is 0 Å². The molecule has 0 fully saturated rings. The average molecular weight is 267 g/mol. The molecule has 0 heterocycles. The predicted molar refractivity (Wildman–Crippen MR) is 59.7 cm³/mol. The second-order valence-corrected chi connectivity index (χ2v) is 5.52. The molecule has 0 aromatic rings. The Bertz CT molecular complexity index is 364. The molecule has 0 radical (unpaired) electrons. The van der Waals surface area contributed by atoms with E-state index in [1.165, 1.54) is 21.3 Å². The molecule has 100 valence electrons. The minimum absolute atomic E-state index is 0.0296. The molecule has 0 saturated heterocycles. The molecule has 0 bridgehead atoms. The summed E-state index contributed by atoms with van der Waals surface area (Å²) in [5.74, 6) is -1.31. The highest BCUT2D eigenvalue weighted by atomic mass is 32.2. The third-order valence-electron chi connectivity index (χ3n) is 2.07. The van der Waals surface area contributed by atoms with Crippen LogP contribution in [0.1, 0.15) is 12.8 Å². The molecule has 0 spiro atoms. The number of hydrogen-bond acceptors (Lipinski definition) is 6. The standard InChI is InChI=1S/C9H17NO6S/c1-10(7-9(12)16-3)17(13,14)6-4-5-8(11)15-2/h4-7H2,1-3H3. The number of likely N-dealkylation sites (N-methyl/N-ethyl adjacent to an activating group) is 1. The van der Waals surface area contributed by atoms with Crippen LogP contribution in [0.4, 0.5) is 0 Å². The van der Waals surface area contributed by atoms with Crippen molar-refractivity contribution in [2.24, 2.45) is 0 Å². The van der Waals surface area contributed by atoms with Crippen LogP contribution < -0.4 is 0 Å². The minimum atomic E-state index is -3.54. The van der Waals surface area contributed by atoms with Gasteiger partial charge in [-0.05, 0) is 6.42 Å². The molecule has 17 heavy (non-hydrogen) atoms. The van der Waals surface area contributed by atoms with Crippen molar-refractivity contribution >= 4 is 22.0 Å². The molecular formula is C9H17NO6S. The van der Waals surface area contributed by atoms with Crippen molar-refractivity contribution in [2.75, 3.05) is 33.6 Å². The maximum atomic E-state index is 11.6. The van der Waals surface area contributed by atoms with Gasteiger partial charge in [-0.25, -0.2) is 8.42 Å². The zero-order valence-electron chi connectivity index (χ0n) is 10.1. The van der Waals surface area contributed by atoms with E-state index in [2.05, 4.69) is 9.47 Å². The zero-order valence-corrected chi connectivity index (χ0v) is 10.9. The van der Waals surface area contributed by atoms with Crippen LogP contribution in [-0.2, 0) is 29.1 Å². The van der Waals surface area contributed by atoms with Crippen LogP contribution in [0.15, 0.2) is 0 Å². The lowest BCUT2D eigenvalue weighted by atomic mass is 10.3. The Morgan fingerprint density at radius 1 is 1.12 bits per heavy atom. The number of methoxy groups -OCH3 is 2. The quantitative estimate of drug-likeness (QED) is 0.571. The number of carbonyl (C=O) groups excluding carboxylic acids is 2. The van der Waals surface area contributed by atoms with Gasteiger partial charge in [-0.3, -0.25) is 9.59 Å². The van der Waals surface area contributed by atoms with Gasteiger partial charge in [0.1, 0.15) is 6.54 Å².